The van der Waals surface area contributed by atoms with Gasteiger partial charge in [0.1, 0.15) is 5.75 Å². The zero-order valence-corrected chi connectivity index (χ0v) is 15.6. The number of hydrogen-bond donors (Lipinski definition) is 3. The fourth-order valence-electron chi connectivity index (χ4n) is 2.55. The van der Waals surface area contributed by atoms with E-state index in [9.17, 15) is 14.4 Å². The summed E-state index contributed by atoms with van der Waals surface area (Å²) in [7, 11) is 1.53. The van der Waals surface area contributed by atoms with Crippen molar-refractivity contribution in [3.8, 4) is 5.75 Å². The molecule has 0 unspecified atom stereocenters. The monoisotopic (exact) mass is 389 g/mol. The molecule has 0 heterocycles. The third-order valence-corrected chi connectivity index (χ3v) is 3.99. The van der Waals surface area contributed by atoms with E-state index in [-0.39, 0.29) is 5.91 Å². The normalized spacial score (nSPS) is 9.97. The summed E-state index contributed by atoms with van der Waals surface area (Å²) in [5, 5.41) is 7.58. The molecule has 3 aromatic carbocycles. The smallest absolute Gasteiger partial charge is 0.326 e. The molecule has 0 radical (unpaired) electrons. The average molecular weight is 389 g/mol. The van der Waals surface area contributed by atoms with E-state index in [1.807, 2.05) is 6.07 Å². The van der Waals surface area contributed by atoms with Crippen molar-refractivity contribution in [2.45, 2.75) is 0 Å². The standard InChI is InChI=1S/C22H19N3O4/c1-29-19-12-10-16(11-13-19)21(27)25-22(28)24-18-9-5-8-17(14-18)23-20(26)15-6-3-2-4-7-15/h2-14H,1H3,(H,23,26)(H2,24,25,27,28). The molecular formula is C22H19N3O4. The van der Waals surface area contributed by atoms with Crippen molar-refractivity contribution in [2.75, 3.05) is 17.7 Å². The molecule has 3 rings (SSSR count). The summed E-state index contributed by atoms with van der Waals surface area (Å²) in [5.41, 5.74) is 1.78. The summed E-state index contributed by atoms with van der Waals surface area (Å²) in [6.07, 6.45) is 0. The number of hydrogen-bond acceptors (Lipinski definition) is 4. The first-order chi connectivity index (χ1) is 14.0. The Balaban J connectivity index is 1.59. The van der Waals surface area contributed by atoms with Crippen LogP contribution in [0.5, 0.6) is 5.75 Å². The van der Waals surface area contributed by atoms with Gasteiger partial charge in [0.05, 0.1) is 7.11 Å². The van der Waals surface area contributed by atoms with Gasteiger partial charge in [-0.15, -0.1) is 0 Å². The Morgan fingerprint density at radius 3 is 1.97 bits per heavy atom. The van der Waals surface area contributed by atoms with E-state index in [0.717, 1.165) is 0 Å². The second kappa shape index (κ2) is 9.18. The van der Waals surface area contributed by atoms with Crippen LogP contribution in [0.2, 0.25) is 0 Å². The molecule has 7 heteroatoms. The number of imide groups is 1. The molecule has 3 N–H and O–H groups in total. The number of carbonyl (C=O) groups is 3. The van der Waals surface area contributed by atoms with E-state index in [2.05, 4.69) is 16.0 Å². The Kier molecular flexibility index (Phi) is 6.22. The summed E-state index contributed by atoms with van der Waals surface area (Å²) in [5.74, 6) is -0.194. The van der Waals surface area contributed by atoms with Crippen molar-refractivity contribution in [2.24, 2.45) is 0 Å². The number of rotatable bonds is 5. The zero-order chi connectivity index (χ0) is 20.6. The van der Waals surface area contributed by atoms with E-state index < -0.39 is 11.9 Å². The minimum Gasteiger partial charge on any atom is -0.497 e. The highest BCUT2D eigenvalue weighted by Crippen LogP contribution is 2.16. The molecule has 0 aliphatic carbocycles. The molecule has 29 heavy (non-hydrogen) atoms. The maximum absolute atomic E-state index is 12.2. The maximum atomic E-state index is 12.2. The lowest BCUT2D eigenvalue weighted by Gasteiger charge is -2.10. The van der Waals surface area contributed by atoms with E-state index in [1.54, 1.807) is 72.8 Å². The third-order valence-electron chi connectivity index (χ3n) is 3.99. The number of nitrogens with one attached hydrogen (secondary N) is 3. The Morgan fingerprint density at radius 2 is 1.31 bits per heavy atom. The molecule has 3 aromatic rings. The summed E-state index contributed by atoms with van der Waals surface area (Å²) in [4.78, 5) is 36.5. The summed E-state index contributed by atoms with van der Waals surface area (Å²) in [6.45, 7) is 0. The Hall–Kier alpha value is -4.13. The van der Waals surface area contributed by atoms with Gasteiger partial charge in [-0.1, -0.05) is 24.3 Å². The van der Waals surface area contributed by atoms with Crippen LogP contribution in [-0.2, 0) is 0 Å². The fraction of sp³-hybridized carbons (Fsp3) is 0.0455. The third kappa shape index (κ3) is 5.43. The largest absolute Gasteiger partial charge is 0.497 e. The molecule has 4 amide bonds. The van der Waals surface area contributed by atoms with Gasteiger partial charge in [0, 0.05) is 22.5 Å². The fourth-order valence-corrected chi connectivity index (χ4v) is 2.55. The minimum absolute atomic E-state index is 0.262. The van der Waals surface area contributed by atoms with Crippen molar-refractivity contribution in [1.82, 2.24) is 5.32 Å². The number of ether oxygens (including phenoxy) is 1. The van der Waals surface area contributed by atoms with Crippen LogP contribution in [0.3, 0.4) is 0 Å². The minimum atomic E-state index is -0.683. The molecule has 0 bridgehead atoms. The predicted molar refractivity (Wildman–Crippen MR) is 110 cm³/mol. The van der Waals surface area contributed by atoms with Crippen LogP contribution in [0, 0.1) is 0 Å². The molecule has 0 aromatic heterocycles. The van der Waals surface area contributed by atoms with E-state index >= 15 is 0 Å². The lowest BCUT2D eigenvalue weighted by molar-refractivity contribution is 0.0965. The number of anilines is 2. The van der Waals surface area contributed by atoms with Crippen molar-refractivity contribution in [3.63, 3.8) is 0 Å². The second-order valence-electron chi connectivity index (χ2n) is 6.04. The molecule has 0 aliphatic rings. The molecule has 0 spiro atoms. The van der Waals surface area contributed by atoms with Crippen molar-refractivity contribution >= 4 is 29.2 Å². The number of methoxy groups -OCH3 is 1. The molecule has 0 fully saturated rings. The Labute approximate surface area is 167 Å². The Morgan fingerprint density at radius 1 is 0.690 bits per heavy atom. The van der Waals surface area contributed by atoms with Gasteiger partial charge in [0.2, 0.25) is 0 Å². The molecule has 0 saturated carbocycles. The maximum Gasteiger partial charge on any atom is 0.326 e. The second-order valence-corrected chi connectivity index (χ2v) is 6.04. The molecule has 0 atom stereocenters. The first-order valence-corrected chi connectivity index (χ1v) is 8.78. The van der Waals surface area contributed by atoms with Gasteiger partial charge in [-0.2, -0.15) is 0 Å². The lowest BCUT2D eigenvalue weighted by atomic mass is 10.2. The average Bonchev–Trinajstić information content (AvgIpc) is 2.74. The number of carbonyl (C=O) groups excluding carboxylic acids is 3. The van der Waals surface area contributed by atoms with E-state index in [0.29, 0.717) is 28.3 Å². The molecular weight excluding hydrogens is 370 g/mol. The quantitative estimate of drug-likeness (QED) is 0.616. The van der Waals surface area contributed by atoms with Crippen LogP contribution in [0.1, 0.15) is 20.7 Å². The van der Waals surface area contributed by atoms with Crippen LogP contribution in [0.25, 0.3) is 0 Å². The highest BCUT2D eigenvalue weighted by molar-refractivity contribution is 6.08. The molecule has 7 nitrogen and oxygen atoms in total. The summed E-state index contributed by atoms with van der Waals surface area (Å²) >= 11 is 0. The van der Waals surface area contributed by atoms with Gasteiger partial charge in [-0.25, -0.2) is 4.79 Å². The van der Waals surface area contributed by atoms with Crippen molar-refractivity contribution in [1.29, 1.82) is 0 Å². The van der Waals surface area contributed by atoms with Gasteiger partial charge in [-0.3, -0.25) is 14.9 Å². The Bertz CT molecular complexity index is 1020. The first-order valence-electron chi connectivity index (χ1n) is 8.78. The molecule has 0 saturated heterocycles. The van der Waals surface area contributed by atoms with Gasteiger partial charge >= 0.3 is 6.03 Å². The highest BCUT2D eigenvalue weighted by Gasteiger charge is 2.11. The van der Waals surface area contributed by atoms with Crippen LogP contribution in [-0.4, -0.2) is 25.0 Å². The van der Waals surface area contributed by atoms with Gasteiger partial charge in [0.25, 0.3) is 11.8 Å². The number of benzene rings is 3. The first kappa shape index (κ1) is 19.6. The van der Waals surface area contributed by atoms with Crippen LogP contribution in [0.4, 0.5) is 16.2 Å². The molecule has 146 valence electrons. The van der Waals surface area contributed by atoms with Crippen molar-refractivity contribution < 1.29 is 19.1 Å². The van der Waals surface area contributed by atoms with Crippen molar-refractivity contribution in [3.05, 3.63) is 90.0 Å². The van der Waals surface area contributed by atoms with Crippen LogP contribution in [0.15, 0.2) is 78.9 Å². The predicted octanol–water partition coefficient (Wildman–Crippen LogP) is 3.91. The van der Waals surface area contributed by atoms with Gasteiger partial charge < -0.3 is 15.4 Å². The lowest BCUT2D eigenvalue weighted by Crippen LogP contribution is -2.34. The van der Waals surface area contributed by atoms with Crippen LogP contribution < -0.4 is 20.7 Å². The number of amides is 4. The van der Waals surface area contributed by atoms with Crippen LogP contribution >= 0.6 is 0 Å². The van der Waals surface area contributed by atoms with Gasteiger partial charge in [-0.05, 0) is 54.6 Å². The zero-order valence-electron chi connectivity index (χ0n) is 15.6. The SMILES string of the molecule is COc1ccc(C(=O)NC(=O)Nc2cccc(NC(=O)c3ccccc3)c2)cc1. The number of urea groups is 1. The topological polar surface area (TPSA) is 96.5 Å². The highest BCUT2D eigenvalue weighted by atomic mass is 16.5. The summed E-state index contributed by atoms with van der Waals surface area (Å²) < 4.78 is 5.03. The summed E-state index contributed by atoms with van der Waals surface area (Å²) in [6, 6.07) is 21.1. The van der Waals surface area contributed by atoms with Gasteiger partial charge in [0.15, 0.2) is 0 Å². The van der Waals surface area contributed by atoms with E-state index in [1.165, 1.54) is 7.11 Å². The van der Waals surface area contributed by atoms with E-state index in [4.69, 9.17) is 4.74 Å². The molecule has 0 aliphatic heterocycles.